The molecule has 0 amide bonds. The summed E-state index contributed by atoms with van der Waals surface area (Å²) in [7, 11) is 0. The van der Waals surface area contributed by atoms with Crippen LogP contribution in [0.25, 0.3) is 0 Å². The maximum atomic E-state index is 11.1. The number of carboxylic acid groups (broad SMARTS) is 1. The van der Waals surface area contributed by atoms with E-state index in [9.17, 15) is 4.79 Å². The smallest absolute Gasteiger partial charge is 0.309 e. The van der Waals surface area contributed by atoms with Crippen LogP contribution in [0.2, 0.25) is 0 Å². The second-order valence-corrected chi connectivity index (χ2v) is 7.69. The van der Waals surface area contributed by atoms with Gasteiger partial charge in [0.1, 0.15) is 0 Å². The topological polar surface area (TPSA) is 40.5 Å². The Bertz CT molecular complexity index is 322. The highest BCUT2D eigenvalue weighted by Crippen LogP contribution is 2.46. The molecule has 1 N–H and O–H groups in total. The monoisotopic (exact) mass is 281 g/mol. The highest BCUT2D eigenvalue weighted by molar-refractivity contribution is 5.73. The van der Waals surface area contributed by atoms with Crippen LogP contribution in [0, 0.1) is 10.8 Å². The van der Waals surface area contributed by atoms with Gasteiger partial charge in [-0.3, -0.25) is 4.79 Å². The van der Waals surface area contributed by atoms with Crippen LogP contribution in [-0.4, -0.2) is 35.6 Å². The molecule has 3 heteroatoms. The Labute approximate surface area is 123 Å². The van der Waals surface area contributed by atoms with Crippen LogP contribution in [0.3, 0.4) is 0 Å². The number of carboxylic acids is 1. The Morgan fingerprint density at radius 2 is 1.70 bits per heavy atom. The minimum Gasteiger partial charge on any atom is -0.481 e. The van der Waals surface area contributed by atoms with Gasteiger partial charge in [-0.05, 0) is 77.4 Å². The SMILES string of the molecule is CC(C)(CCCCN1CCC2(CCCC2)CC1)C(=O)O. The van der Waals surface area contributed by atoms with Crippen molar-refractivity contribution in [1.82, 2.24) is 4.90 Å². The predicted octanol–water partition coefficient (Wildman–Crippen LogP) is 3.92. The van der Waals surface area contributed by atoms with Gasteiger partial charge in [-0.2, -0.15) is 0 Å². The van der Waals surface area contributed by atoms with E-state index in [4.69, 9.17) is 5.11 Å². The van der Waals surface area contributed by atoms with Crippen molar-refractivity contribution in [2.45, 2.75) is 71.6 Å². The van der Waals surface area contributed by atoms with Gasteiger partial charge < -0.3 is 10.0 Å². The zero-order valence-electron chi connectivity index (χ0n) is 13.3. The van der Waals surface area contributed by atoms with Crippen molar-refractivity contribution < 1.29 is 9.90 Å². The predicted molar refractivity (Wildman–Crippen MR) is 81.8 cm³/mol. The van der Waals surface area contributed by atoms with E-state index in [2.05, 4.69) is 4.90 Å². The van der Waals surface area contributed by atoms with Gasteiger partial charge >= 0.3 is 5.97 Å². The number of hydrogen-bond acceptors (Lipinski definition) is 2. The third kappa shape index (κ3) is 3.97. The summed E-state index contributed by atoms with van der Waals surface area (Å²) in [5, 5.41) is 9.10. The molecule has 1 aliphatic heterocycles. The van der Waals surface area contributed by atoms with Gasteiger partial charge in [-0.1, -0.05) is 19.3 Å². The van der Waals surface area contributed by atoms with E-state index in [1.54, 1.807) is 0 Å². The van der Waals surface area contributed by atoms with Crippen LogP contribution in [-0.2, 0) is 4.79 Å². The van der Waals surface area contributed by atoms with Gasteiger partial charge in [0.05, 0.1) is 5.41 Å². The fraction of sp³-hybridized carbons (Fsp3) is 0.941. The van der Waals surface area contributed by atoms with Gasteiger partial charge in [0, 0.05) is 0 Å². The summed E-state index contributed by atoms with van der Waals surface area (Å²) in [5.74, 6) is -0.668. The van der Waals surface area contributed by atoms with E-state index in [0.717, 1.165) is 25.8 Å². The first-order valence-electron chi connectivity index (χ1n) is 8.39. The fourth-order valence-electron chi connectivity index (χ4n) is 3.89. The molecule has 2 rings (SSSR count). The number of aliphatic carboxylic acids is 1. The van der Waals surface area contributed by atoms with Crippen LogP contribution in [0.1, 0.15) is 71.6 Å². The summed E-state index contributed by atoms with van der Waals surface area (Å²) in [5.41, 5.74) is 0.150. The molecular weight excluding hydrogens is 250 g/mol. The highest BCUT2D eigenvalue weighted by atomic mass is 16.4. The van der Waals surface area contributed by atoms with Gasteiger partial charge in [0.15, 0.2) is 0 Å². The normalized spacial score (nSPS) is 23.3. The molecule has 1 saturated heterocycles. The third-order valence-corrected chi connectivity index (χ3v) is 5.69. The number of nitrogens with zero attached hydrogens (tertiary/aromatic N) is 1. The van der Waals surface area contributed by atoms with Crippen LogP contribution in [0.4, 0.5) is 0 Å². The van der Waals surface area contributed by atoms with Crippen molar-refractivity contribution in [2.24, 2.45) is 10.8 Å². The van der Waals surface area contributed by atoms with Gasteiger partial charge in [0.25, 0.3) is 0 Å². The summed E-state index contributed by atoms with van der Waals surface area (Å²) in [6.07, 6.45) is 11.6. The highest BCUT2D eigenvalue weighted by Gasteiger charge is 2.36. The summed E-state index contributed by atoms with van der Waals surface area (Å²) in [6.45, 7) is 7.36. The first-order chi connectivity index (χ1) is 9.44. The van der Waals surface area contributed by atoms with Gasteiger partial charge in [-0.15, -0.1) is 0 Å². The molecule has 0 bridgehead atoms. The molecule has 116 valence electrons. The summed E-state index contributed by atoms with van der Waals surface area (Å²) < 4.78 is 0. The fourth-order valence-corrected chi connectivity index (χ4v) is 3.89. The molecule has 1 heterocycles. The van der Waals surface area contributed by atoms with Crippen LogP contribution in [0.5, 0.6) is 0 Å². The molecule has 3 nitrogen and oxygen atoms in total. The van der Waals surface area contributed by atoms with Crippen molar-refractivity contribution >= 4 is 5.97 Å². The number of piperidine rings is 1. The molecule has 2 fully saturated rings. The zero-order chi connectivity index (χ0) is 14.6. The zero-order valence-corrected chi connectivity index (χ0v) is 13.3. The molecule has 0 aromatic heterocycles. The second-order valence-electron chi connectivity index (χ2n) is 7.69. The van der Waals surface area contributed by atoms with E-state index in [-0.39, 0.29) is 0 Å². The minimum absolute atomic E-state index is 0.560. The van der Waals surface area contributed by atoms with Gasteiger partial charge in [0.2, 0.25) is 0 Å². The molecule has 0 atom stereocenters. The molecule has 0 aromatic carbocycles. The average Bonchev–Trinajstić information content (AvgIpc) is 2.85. The standard InChI is InChI=1S/C17H31NO2/c1-16(2,15(19)20)7-5-6-12-18-13-10-17(11-14-18)8-3-4-9-17/h3-14H2,1-2H3,(H,19,20). The van der Waals surface area contributed by atoms with E-state index in [1.165, 1.54) is 51.6 Å². The van der Waals surface area contributed by atoms with Crippen molar-refractivity contribution in [3.8, 4) is 0 Å². The Morgan fingerprint density at radius 1 is 1.10 bits per heavy atom. The molecule has 0 radical (unpaired) electrons. The Hall–Kier alpha value is -0.570. The third-order valence-electron chi connectivity index (χ3n) is 5.69. The quantitative estimate of drug-likeness (QED) is 0.750. The Kier molecular flexibility index (Phi) is 5.11. The number of hydrogen-bond donors (Lipinski definition) is 1. The second kappa shape index (κ2) is 6.46. The maximum absolute atomic E-state index is 11.1. The number of rotatable bonds is 6. The lowest BCUT2D eigenvalue weighted by molar-refractivity contribution is -0.147. The Balaban J connectivity index is 1.61. The van der Waals surface area contributed by atoms with E-state index >= 15 is 0 Å². The molecular formula is C17H31NO2. The molecule has 1 saturated carbocycles. The van der Waals surface area contributed by atoms with Crippen molar-refractivity contribution in [2.75, 3.05) is 19.6 Å². The number of likely N-dealkylation sites (tertiary alicyclic amines) is 1. The molecule has 0 unspecified atom stereocenters. The first-order valence-corrected chi connectivity index (χ1v) is 8.39. The van der Waals surface area contributed by atoms with E-state index in [0.29, 0.717) is 5.41 Å². The summed E-state index contributed by atoms with van der Waals surface area (Å²) in [6, 6.07) is 0. The van der Waals surface area contributed by atoms with Crippen molar-refractivity contribution in [1.29, 1.82) is 0 Å². The lowest BCUT2D eigenvalue weighted by Gasteiger charge is -2.39. The first kappa shape index (κ1) is 15.8. The van der Waals surface area contributed by atoms with Crippen LogP contribution in [0.15, 0.2) is 0 Å². The molecule has 2 aliphatic rings. The van der Waals surface area contributed by atoms with Crippen molar-refractivity contribution in [3.63, 3.8) is 0 Å². The van der Waals surface area contributed by atoms with Crippen LogP contribution >= 0.6 is 0 Å². The molecule has 20 heavy (non-hydrogen) atoms. The largest absolute Gasteiger partial charge is 0.481 e. The molecule has 1 spiro atoms. The Morgan fingerprint density at radius 3 is 2.25 bits per heavy atom. The number of unbranched alkanes of at least 4 members (excludes halogenated alkanes) is 1. The number of carbonyl (C=O) groups is 1. The molecule has 0 aromatic rings. The summed E-state index contributed by atoms with van der Waals surface area (Å²) in [4.78, 5) is 13.6. The lowest BCUT2D eigenvalue weighted by atomic mass is 9.77. The van der Waals surface area contributed by atoms with E-state index in [1.807, 2.05) is 13.8 Å². The average molecular weight is 281 g/mol. The van der Waals surface area contributed by atoms with Crippen molar-refractivity contribution in [3.05, 3.63) is 0 Å². The van der Waals surface area contributed by atoms with Crippen LogP contribution < -0.4 is 0 Å². The maximum Gasteiger partial charge on any atom is 0.309 e. The van der Waals surface area contributed by atoms with E-state index < -0.39 is 11.4 Å². The van der Waals surface area contributed by atoms with Gasteiger partial charge in [-0.25, -0.2) is 0 Å². The molecule has 1 aliphatic carbocycles. The minimum atomic E-state index is -0.668. The summed E-state index contributed by atoms with van der Waals surface area (Å²) >= 11 is 0. The lowest BCUT2D eigenvalue weighted by Crippen LogP contribution is -2.39.